The van der Waals surface area contributed by atoms with Crippen LogP contribution in [0.15, 0.2) is 48.5 Å². The Morgan fingerprint density at radius 1 is 0.811 bits per heavy atom. The zero-order valence-electron chi connectivity index (χ0n) is 20.9. The van der Waals surface area contributed by atoms with Crippen LogP contribution in [0.5, 0.6) is 11.5 Å². The number of aromatic hydroxyl groups is 2. The molecule has 0 radical (unpaired) electrons. The third kappa shape index (κ3) is 9.53. The van der Waals surface area contributed by atoms with Crippen LogP contribution in [-0.4, -0.2) is 55.6 Å². The van der Waals surface area contributed by atoms with Crippen LogP contribution >= 0.6 is 7.60 Å². The van der Waals surface area contributed by atoms with Gasteiger partial charge in [0.15, 0.2) is 0 Å². The van der Waals surface area contributed by atoms with Crippen LogP contribution < -0.4 is 16.0 Å². The molecule has 0 saturated heterocycles. The Morgan fingerprint density at radius 2 is 1.30 bits per heavy atom. The van der Waals surface area contributed by atoms with Crippen molar-refractivity contribution >= 4 is 25.3 Å². The van der Waals surface area contributed by atoms with Crippen LogP contribution in [-0.2, 0) is 31.8 Å². The summed E-state index contributed by atoms with van der Waals surface area (Å²) in [7, 11) is -4.83. The highest BCUT2D eigenvalue weighted by molar-refractivity contribution is 7.52. The Bertz CT molecular complexity index is 1120. The number of carbonyl (C=O) groups excluding carboxylic acids is 3. The molecule has 11 nitrogen and oxygen atoms in total. The number of phenols is 2. The van der Waals surface area contributed by atoms with Gasteiger partial charge in [0, 0.05) is 19.8 Å². The SMILES string of the molecule is CCC(C)[C@H](NC(C)=O)C(=O)N[C@@H](Cc1ccc(O)cc1)C(=O)N[C@@H](Cc1ccc(O)cc1)P(=O)(O)O. The average molecular weight is 536 g/mol. The monoisotopic (exact) mass is 535 g/mol. The normalized spacial score (nSPS) is 14.6. The zero-order chi connectivity index (χ0) is 27.8. The number of hydrogen-bond donors (Lipinski definition) is 7. The van der Waals surface area contributed by atoms with Gasteiger partial charge in [-0.15, -0.1) is 0 Å². The van der Waals surface area contributed by atoms with Crippen LogP contribution in [0.1, 0.15) is 38.3 Å². The highest BCUT2D eigenvalue weighted by atomic mass is 31.2. The Balaban J connectivity index is 2.32. The molecule has 0 aliphatic heterocycles. The van der Waals surface area contributed by atoms with Crippen molar-refractivity contribution in [3.63, 3.8) is 0 Å². The molecular weight excluding hydrogens is 501 g/mol. The number of benzene rings is 2. The number of hydrogen-bond acceptors (Lipinski definition) is 6. The van der Waals surface area contributed by atoms with Gasteiger partial charge in [-0.1, -0.05) is 44.5 Å². The third-order valence-electron chi connectivity index (χ3n) is 5.94. The van der Waals surface area contributed by atoms with Crippen molar-refractivity contribution in [1.82, 2.24) is 16.0 Å². The number of nitrogens with one attached hydrogen (secondary N) is 3. The van der Waals surface area contributed by atoms with Gasteiger partial charge in [0.2, 0.25) is 17.7 Å². The summed E-state index contributed by atoms with van der Waals surface area (Å²) < 4.78 is 12.2. The molecule has 0 aliphatic carbocycles. The van der Waals surface area contributed by atoms with Crippen LogP contribution in [0.3, 0.4) is 0 Å². The van der Waals surface area contributed by atoms with Gasteiger partial charge in [-0.25, -0.2) is 0 Å². The maximum atomic E-state index is 13.3. The second-order valence-corrected chi connectivity index (χ2v) is 10.8. The largest absolute Gasteiger partial charge is 0.508 e. The Kier molecular flexibility index (Phi) is 10.7. The van der Waals surface area contributed by atoms with Gasteiger partial charge in [-0.3, -0.25) is 18.9 Å². The van der Waals surface area contributed by atoms with Crippen LogP contribution in [0.4, 0.5) is 0 Å². The van der Waals surface area contributed by atoms with Crippen LogP contribution in [0.25, 0.3) is 0 Å². The summed E-state index contributed by atoms with van der Waals surface area (Å²) in [6.07, 6.45) is 0.301. The minimum absolute atomic E-state index is 0.00624. The first-order valence-electron chi connectivity index (χ1n) is 11.8. The van der Waals surface area contributed by atoms with E-state index in [9.17, 15) is 38.9 Å². The molecule has 2 aromatic carbocycles. The molecule has 0 heterocycles. The fourth-order valence-electron chi connectivity index (χ4n) is 3.63. The van der Waals surface area contributed by atoms with Gasteiger partial charge in [0.05, 0.1) is 0 Å². The molecular formula is C25H34N3O8P. The highest BCUT2D eigenvalue weighted by Crippen LogP contribution is 2.41. The molecule has 7 N–H and O–H groups in total. The van der Waals surface area contributed by atoms with Gasteiger partial charge in [0.1, 0.15) is 29.4 Å². The lowest BCUT2D eigenvalue weighted by Crippen LogP contribution is -2.57. The fourth-order valence-corrected chi connectivity index (χ4v) is 4.38. The van der Waals surface area contributed by atoms with E-state index < -0.39 is 43.2 Å². The highest BCUT2D eigenvalue weighted by Gasteiger charge is 2.35. The number of carbonyl (C=O) groups is 3. The van der Waals surface area contributed by atoms with E-state index in [1.165, 1.54) is 43.3 Å². The lowest BCUT2D eigenvalue weighted by molar-refractivity contribution is -0.132. The van der Waals surface area contributed by atoms with E-state index in [1.807, 2.05) is 6.92 Å². The first-order valence-corrected chi connectivity index (χ1v) is 13.5. The molecule has 1 unspecified atom stereocenters. The van der Waals surface area contributed by atoms with E-state index >= 15 is 0 Å². The molecule has 2 aromatic rings. The predicted octanol–water partition coefficient (Wildman–Crippen LogP) is 1.54. The average Bonchev–Trinajstić information content (AvgIpc) is 2.83. The van der Waals surface area contributed by atoms with E-state index in [1.54, 1.807) is 19.1 Å². The first-order chi connectivity index (χ1) is 17.3. The number of amides is 3. The molecule has 0 spiro atoms. The second kappa shape index (κ2) is 13.2. The topological polar surface area (TPSA) is 185 Å². The number of rotatable bonds is 12. The molecule has 2 rings (SSSR count). The maximum absolute atomic E-state index is 13.3. The summed E-state index contributed by atoms with van der Waals surface area (Å²) in [6, 6.07) is 9.44. The van der Waals surface area contributed by atoms with Crippen molar-refractivity contribution < 1.29 is 38.9 Å². The Morgan fingerprint density at radius 3 is 1.73 bits per heavy atom. The molecule has 0 aromatic heterocycles. The maximum Gasteiger partial charge on any atom is 0.347 e. The molecule has 0 fully saturated rings. The van der Waals surface area contributed by atoms with Crippen molar-refractivity contribution in [3.05, 3.63) is 59.7 Å². The fraction of sp³-hybridized carbons (Fsp3) is 0.400. The van der Waals surface area contributed by atoms with Crippen molar-refractivity contribution in [1.29, 1.82) is 0 Å². The lowest BCUT2D eigenvalue weighted by Gasteiger charge is -2.28. The van der Waals surface area contributed by atoms with Gasteiger partial charge in [-0.05, 0) is 41.3 Å². The van der Waals surface area contributed by atoms with Crippen molar-refractivity contribution in [3.8, 4) is 11.5 Å². The Hall–Kier alpha value is -3.40. The quantitative estimate of drug-likeness (QED) is 0.200. The van der Waals surface area contributed by atoms with Crippen LogP contribution in [0.2, 0.25) is 0 Å². The minimum Gasteiger partial charge on any atom is -0.508 e. The van der Waals surface area contributed by atoms with Crippen molar-refractivity contribution in [2.45, 2.75) is 57.9 Å². The summed E-state index contributed by atoms with van der Waals surface area (Å²) in [5.74, 6) is -3.73. The molecule has 4 atom stereocenters. The Labute approximate surface area is 215 Å². The van der Waals surface area contributed by atoms with E-state index in [4.69, 9.17) is 0 Å². The molecule has 0 saturated carbocycles. The first kappa shape index (κ1) is 29.8. The van der Waals surface area contributed by atoms with Crippen LogP contribution in [0, 0.1) is 5.92 Å². The standard InChI is InChI=1S/C25H34N3O8P/c1-4-15(2)23(26-16(3)29)25(33)27-21(13-17-5-9-19(30)10-6-17)24(32)28-22(37(34,35)36)14-18-7-11-20(31)12-8-18/h5-12,15,21-23,30-31H,4,13-14H2,1-3H3,(H,26,29)(H,27,33)(H,28,32)(H2,34,35,36)/t15?,21-,22+,23-/m0/s1. The summed E-state index contributed by atoms with van der Waals surface area (Å²) >= 11 is 0. The molecule has 202 valence electrons. The molecule has 37 heavy (non-hydrogen) atoms. The van der Waals surface area contributed by atoms with E-state index in [2.05, 4.69) is 16.0 Å². The second-order valence-electron chi connectivity index (χ2n) is 8.98. The number of phenolic OH excluding ortho intramolecular Hbond substituents is 2. The predicted molar refractivity (Wildman–Crippen MR) is 137 cm³/mol. The van der Waals surface area contributed by atoms with Gasteiger partial charge in [-0.2, -0.15) is 0 Å². The van der Waals surface area contributed by atoms with Crippen molar-refractivity contribution in [2.24, 2.45) is 5.92 Å². The zero-order valence-corrected chi connectivity index (χ0v) is 21.8. The molecule has 0 aliphatic rings. The third-order valence-corrected chi connectivity index (χ3v) is 7.07. The summed E-state index contributed by atoms with van der Waals surface area (Å²) in [5.41, 5.74) is 1.04. The van der Waals surface area contributed by atoms with Gasteiger partial charge < -0.3 is 36.0 Å². The van der Waals surface area contributed by atoms with Crippen molar-refractivity contribution in [2.75, 3.05) is 0 Å². The van der Waals surface area contributed by atoms with E-state index in [0.29, 0.717) is 17.5 Å². The minimum atomic E-state index is -4.83. The molecule has 3 amide bonds. The van der Waals surface area contributed by atoms with E-state index in [0.717, 1.165) is 0 Å². The summed E-state index contributed by atoms with van der Waals surface area (Å²) in [6.45, 7) is 4.90. The van der Waals surface area contributed by atoms with Gasteiger partial charge >= 0.3 is 7.60 Å². The smallest absolute Gasteiger partial charge is 0.347 e. The summed E-state index contributed by atoms with van der Waals surface area (Å²) in [5, 5.41) is 26.6. The van der Waals surface area contributed by atoms with Gasteiger partial charge in [0.25, 0.3) is 0 Å². The summed E-state index contributed by atoms with van der Waals surface area (Å²) in [4.78, 5) is 57.9. The lowest BCUT2D eigenvalue weighted by atomic mass is 9.97. The van der Waals surface area contributed by atoms with E-state index in [-0.39, 0.29) is 30.3 Å². The molecule has 12 heteroatoms. The molecule has 0 bridgehead atoms.